The number of hydrogen-bond acceptors (Lipinski definition) is 3. The van der Waals surface area contributed by atoms with Crippen molar-refractivity contribution >= 4 is 11.6 Å². The summed E-state index contributed by atoms with van der Waals surface area (Å²) in [7, 11) is 0. The number of furan rings is 1. The van der Waals surface area contributed by atoms with Crippen LogP contribution in [0, 0.1) is 18.8 Å². The molecule has 4 nitrogen and oxygen atoms in total. The summed E-state index contributed by atoms with van der Waals surface area (Å²) in [5.74, 6) is 5.70. The quantitative estimate of drug-likeness (QED) is 0.808. The van der Waals surface area contributed by atoms with Crippen LogP contribution in [0.1, 0.15) is 21.7 Å². The third-order valence-electron chi connectivity index (χ3n) is 2.54. The molecule has 1 aromatic carbocycles. The molecule has 0 fully saturated rings. The minimum atomic E-state index is -0.224. The molecule has 0 saturated heterocycles. The smallest absolute Gasteiger partial charge is 0.259 e. The standard InChI is InChI=1S/C15H13NO3/c1-11-14(7-9-19-11)15(18)16-13-6-2-4-12(10-13)5-3-8-17/h2,4,6-7,9-10,17H,8H2,1H3,(H,16,18). The summed E-state index contributed by atoms with van der Waals surface area (Å²) in [5, 5.41) is 11.4. The molecule has 2 rings (SSSR count). The molecule has 0 radical (unpaired) electrons. The Labute approximate surface area is 111 Å². The number of aryl methyl sites for hydroxylation is 1. The van der Waals surface area contributed by atoms with E-state index in [2.05, 4.69) is 17.2 Å². The first-order valence-electron chi connectivity index (χ1n) is 5.76. The average molecular weight is 255 g/mol. The number of nitrogens with one attached hydrogen (secondary N) is 1. The molecule has 0 atom stereocenters. The Bertz CT molecular complexity index is 647. The predicted molar refractivity (Wildman–Crippen MR) is 71.8 cm³/mol. The van der Waals surface area contributed by atoms with Crippen molar-refractivity contribution in [1.82, 2.24) is 0 Å². The van der Waals surface area contributed by atoms with Crippen LogP contribution in [0.4, 0.5) is 5.69 Å². The first-order valence-corrected chi connectivity index (χ1v) is 5.76. The topological polar surface area (TPSA) is 62.5 Å². The van der Waals surface area contributed by atoms with Crippen LogP contribution >= 0.6 is 0 Å². The van der Waals surface area contributed by atoms with Crippen LogP contribution in [-0.2, 0) is 0 Å². The van der Waals surface area contributed by atoms with Gasteiger partial charge in [-0.3, -0.25) is 4.79 Å². The third-order valence-corrected chi connectivity index (χ3v) is 2.54. The maximum absolute atomic E-state index is 12.0. The molecule has 0 saturated carbocycles. The number of aliphatic hydroxyl groups excluding tert-OH is 1. The largest absolute Gasteiger partial charge is 0.469 e. The minimum Gasteiger partial charge on any atom is -0.469 e. The van der Waals surface area contributed by atoms with E-state index in [1.807, 2.05) is 0 Å². The minimum absolute atomic E-state index is 0.190. The van der Waals surface area contributed by atoms with Crippen molar-refractivity contribution in [1.29, 1.82) is 0 Å². The fraction of sp³-hybridized carbons (Fsp3) is 0.133. The van der Waals surface area contributed by atoms with Gasteiger partial charge in [-0.05, 0) is 31.2 Å². The zero-order chi connectivity index (χ0) is 13.7. The summed E-state index contributed by atoms with van der Waals surface area (Å²) in [6.07, 6.45) is 1.48. The van der Waals surface area contributed by atoms with Gasteiger partial charge < -0.3 is 14.8 Å². The van der Waals surface area contributed by atoms with E-state index in [4.69, 9.17) is 9.52 Å². The number of rotatable bonds is 2. The Balaban J connectivity index is 2.15. The van der Waals surface area contributed by atoms with Gasteiger partial charge in [0.25, 0.3) is 5.91 Å². The molecule has 1 aromatic heterocycles. The second kappa shape index (κ2) is 5.89. The van der Waals surface area contributed by atoms with Gasteiger partial charge in [0.15, 0.2) is 0 Å². The van der Waals surface area contributed by atoms with Gasteiger partial charge in [-0.1, -0.05) is 17.9 Å². The number of benzene rings is 1. The zero-order valence-corrected chi connectivity index (χ0v) is 10.4. The normalized spacial score (nSPS) is 9.58. The molecule has 96 valence electrons. The van der Waals surface area contributed by atoms with Crippen molar-refractivity contribution in [2.24, 2.45) is 0 Å². The van der Waals surface area contributed by atoms with Gasteiger partial charge in [0, 0.05) is 11.3 Å². The van der Waals surface area contributed by atoms with E-state index in [1.165, 1.54) is 6.26 Å². The molecule has 4 heteroatoms. The second-order valence-corrected chi connectivity index (χ2v) is 3.89. The Morgan fingerprint density at radius 2 is 2.26 bits per heavy atom. The summed E-state index contributed by atoms with van der Waals surface area (Å²) in [6, 6.07) is 8.74. The number of carbonyl (C=O) groups excluding carboxylic acids is 1. The highest BCUT2D eigenvalue weighted by Gasteiger charge is 2.11. The monoisotopic (exact) mass is 255 g/mol. The van der Waals surface area contributed by atoms with Crippen molar-refractivity contribution in [2.45, 2.75) is 6.92 Å². The fourth-order valence-corrected chi connectivity index (χ4v) is 1.64. The Hall–Kier alpha value is -2.51. The number of hydrogen-bond donors (Lipinski definition) is 2. The van der Waals surface area contributed by atoms with Crippen LogP contribution in [0.15, 0.2) is 41.0 Å². The van der Waals surface area contributed by atoms with Gasteiger partial charge in [0.1, 0.15) is 12.4 Å². The molecule has 0 unspecified atom stereocenters. The molecule has 1 amide bonds. The van der Waals surface area contributed by atoms with E-state index in [1.54, 1.807) is 37.3 Å². The first kappa shape index (κ1) is 12.9. The second-order valence-electron chi connectivity index (χ2n) is 3.89. The molecule has 1 heterocycles. The molecule has 0 aliphatic rings. The van der Waals surface area contributed by atoms with Gasteiger partial charge >= 0.3 is 0 Å². The van der Waals surface area contributed by atoms with E-state index in [0.717, 1.165) is 5.56 Å². The summed E-state index contributed by atoms with van der Waals surface area (Å²) in [4.78, 5) is 12.0. The number of amides is 1. The maximum Gasteiger partial charge on any atom is 0.259 e. The van der Waals surface area contributed by atoms with Crippen LogP contribution in [0.2, 0.25) is 0 Å². The van der Waals surface area contributed by atoms with Crippen LogP contribution < -0.4 is 5.32 Å². The molecule has 2 aromatic rings. The van der Waals surface area contributed by atoms with E-state index in [-0.39, 0.29) is 12.5 Å². The Morgan fingerprint density at radius 1 is 1.42 bits per heavy atom. The Kier molecular flexibility index (Phi) is 4.01. The van der Waals surface area contributed by atoms with Gasteiger partial charge in [-0.15, -0.1) is 0 Å². The van der Waals surface area contributed by atoms with Gasteiger partial charge in [0.2, 0.25) is 0 Å². The lowest BCUT2D eigenvalue weighted by Gasteiger charge is -2.04. The Morgan fingerprint density at radius 3 is 2.95 bits per heavy atom. The van der Waals surface area contributed by atoms with E-state index in [9.17, 15) is 4.79 Å². The van der Waals surface area contributed by atoms with E-state index in [0.29, 0.717) is 17.0 Å². The number of aliphatic hydroxyl groups is 1. The SMILES string of the molecule is Cc1occc1C(=O)Nc1cccc(C#CCO)c1. The van der Waals surface area contributed by atoms with Crippen LogP contribution in [-0.4, -0.2) is 17.6 Å². The van der Waals surface area contributed by atoms with Gasteiger partial charge in [-0.25, -0.2) is 0 Å². The maximum atomic E-state index is 12.0. The summed E-state index contributed by atoms with van der Waals surface area (Å²) in [6.45, 7) is 1.54. The van der Waals surface area contributed by atoms with E-state index < -0.39 is 0 Å². The van der Waals surface area contributed by atoms with Crippen LogP contribution in [0.3, 0.4) is 0 Å². The summed E-state index contributed by atoms with van der Waals surface area (Å²) >= 11 is 0. The van der Waals surface area contributed by atoms with Crippen molar-refractivity contribution in [3.63, 3.8) is 0 Å². The summed E-state index contributed by atoms with van der Waals surface area (Å²) in [5.41, 5.74) is 1.89. The van der Waals surface area contributed by atoms with Gasteiger partial charge in [0.05, 0.1) is 11.8 Å². The highest BCUT2D eigenvalue weighted by Crippen LogP contribution is 2.14. The number of anilines is 1. The average Bonchev–Trinajstić information content (AvgIpc) is 2.83. The predicted octanol–water partition coefficient (Wildman–Crippen LogP) is 2.18. The molecular formula is C15H13NO3. The lowest BCUT2D eigenvalue weighted by Crippen LogP contribution is -2.12. The van der Waals surface area contributed by atoms with Crippen molar-refractivity contribution in [2.75, 3.05) is 11.9 Å². The van der Waals surface area contributed by atoms with E-state index >= 15 is 0 Å². The molecule has 0 aliphatic carbocycles. The van der Waals surface area contributed by atoms with Gasteiger partial charge in [-0.2, -0.15) is 0 Å². The molecular weight excluding hydrogens is 242 g/mol. The first-order chi connectivity index (χ1) is 9.20. The van der Waals surface area contributed by atoms with Crippen LogP contribution in [0.5, 0.6) is 0 Å². The van der Waals surface area contributed by atoms with Crippen LogP contribution in [0.25, 0.3) is 0 Å². The van der Waals surface area contributed by atoms with Crippen molar-refractivity contribution in [3.8, 4) is 11.8 Å². The van der Waals surface area contributed by atoms with Crippen molar-refractivity contribution < 1.29 is 14.3 Å². The molecule has 0 aliphatic heterocycles. The summed E-state index contributed by atoms with van der Waals surface area (Å²) < 4.78 is 5.09. The zero-order valence-electron chi connectivity index (χ0n) is 10.4. The highest BCUT2D eigenvalue weighted by molar-refractivity contribution is 6.04. The van der Waals surface area contributed by atoms with Crippen molar-refractivity contribution in [3.05, 3.63) is 53.5 Å². The third kappa shape index (κ3) is 3.24. The lowest BCUT2D eigenvalue weighted by atomic mass is 10.2. The molecule has 2 N–H and O–H groups in total. The number of carbonyl (C=O) groups is 1. The fourth-order valence-electron chi connectivity index (χ4n) is 1.64. The molecule has 0 spiro atoms. The molecule has 19 heavy (non-hydrogen) atoms. The lowest BCUT2D eigenvalue weighted by molar-refractivity contribution is 0.102. The highest BCUT2D eigenvalue weighted by atomic mass is 16.3. The molecule has 0 bridgehead atoms.